The topological polar surface area (TPSA) is 72.6 Å². The normalized spacial score (nSPS) is 10.2. The third-order valence-corrected chi connectivity index (χ3v) is 1.88. The number of nitrogens with zero attached hydrogens (tertiary/aromatic N) is 1. The summed E-state index contributed by atoms with van der Waals surface area (Å²) in [7, 11) is 0. The molecule has 0 atom stereocenters. The molecule has 0 spiro atoms. The number of ether oxygens (including phenoxy) is 1. The summed E-state index contributed by atoms with van der Waals surface area (Å²) in [5, 5.41) is 19.9. The minimum absolute atomic E-state index is 0.0247. The summed E-state index contributed by atoms with van der Waals surface area (Å²) in [6.07, 6.45) is 0.871. The Morgan fingerprint density at radius 3 is 2.87 bits per heavy atom. The van der Waals surface area contributed by atoms with Crippen molar-refractivity contribution < 1.29 is 14.8 Å². The first-order valence-electron chi connectivity index (χ1n) is 4.69. The zero-order valence-corrected chi connectivity index (χ0v) is 8.47. The average Bonchev–Trinajstić information content (AvgIpc) is 2.20. The highest BCUT2D eigenvalue weighted by atomic mass is 16.6. The molecule has 5 nitrogen and oxygen atoms in total. The lowest BCUT2D eigenvalue weighted by atomic mass is 10.2. The van der Waals surface area contributed by atoms with E-state index in [0.29, 0.717) is 12.2 Å². The van der Waals surface area contributed by atoms with Gasteiger partial charge in [0.05, 0.1) is 11.5 Å². The maximum absolute atomic E-state index is 10.5. The van der Waals surface area contributed by atoms with Crippen LogP contribution >= 0.6 is 0 Å². The van der Waals surface area contributed by atoms with Crippen molar-refractivity contribution in [3.8, 4) is 5.75 Å². The van der Waals surface area contributed by atoms with Crippen LogP contribution in [-0.4, -0.2) is 16.6 Å². The molecule has 82 valence electrons. The van der Waals surface area contributed by atoms with Crippen LogP contribution in [0.1, 0.15) is 18.9 Å². The number of aromatic hydroxyl groups is 1. The maximum atomic E-state index is 10.5. The van der Waals surface area contributed by atoms with Gasteiger partial charge in [0.25, 0.3) is 5.69 Å². The number of hydrogen-bond donors (Lipinski definition) is 1. The number of phenols is 1. The number of non-ortho nitro benzene ring substituents is 1. The van der Waals surface area contributed by atoms with Crippen LogP contribution in [0.2, 0.25) is 0 Å². The van der Waals surface area contributed by atoms with Crippen LogP contribution in [-0.2, 0) is 11.3 Å². The van der Waals surface area contributed by atoms with Gasteiger partial charge >= 0.3 is 0 Å². The highest BCUT2D eigenvalue weighted by Crippen LogP contribution is 2.23. The van der Waals surface area contributed by atoms with E-state index >= 15 is 0 Å². The van der Waals surface area contributed by atoms with Crippen molar-refractivity contribution in [1.82, 2.24) is 0 Å². The van der Waals surface area contributed by atoms with Crippen molar-refractivity contribution in [3.05, 3.63) is 33.9 Å². The summed E-state index contributed by atoms with van der Waals surface area (Å²) in [5.41, 5.74) is 0.403. The Kier molecular flexibility index (Phi) is 4.05. The second-order valence-corrected chi connectivity index (χ2v) is 3.12. The van der Waals surface area contributed by atoms with Gasteiger partial charge in [-0.05, 0) is 12.5 Å². The molecule has 0 aliphatic carbocycles. The molecule has 0 aliphatic heterocycles. The van der Waals surface area contributed by atoms with Crippen molar-refractivity contribution in [2.24, 2.45) is 0 Å². The number of benzene rings is 1. The molecule has 1 aromatic rings. The van der Waals surface area contributed by atoms with Crippen LogP contribution in [0.5, 0.6) is 5.75 Å². The summed E-state index contributed by atoms with van der Waals surface area (Å²) in [6, 6.07) is 3.90. The zero-order valence-electron chi connectivity index (χ0n) is 8.47. The fraction of sp³-hybridized carbons (Fsp3) is 0.400. The van der Waals surface area contributed by atoms with Gasteiger partial charge in [0.2, 0.25) is 0 Å². The van der Waals surface area contributed by atoms with Gasteiger partial charge in [-0.15, -0.1) is 0 Å². The molecule has 0 saturated carbocycles. The van der Waals surface area contributed by atoms with Crippen molar-refractivity contribution >= 4 is 5.69 Å². The predicted molar refractivity (Wildman–Crippen MR) is 54.7 cm³/mol. The molecule has 0 fully saturated rings. The maximum Gasteiger partial charge on any atom is 0.270 e. The lowest BCUT2D eigenvalue weighted by Gasteiger charge is -2.04. The lowest BCUT2D eigenvalue weighted by Crippen LogP contribution is -1.96. The highest BCUT2D eigenvalue weighted by molar-refractivity contribution is 5.42. The van der Waals surface area contributed by atoms with Gasteiger partial charge in [-0.25, -0.2) is 0 Å². The zero-order chi connectivity index (χ0) is 11.3. The quantitative estimate of drug-likeness (QED) is 0.460. The molecule has 0 amide bonds. The monoisotopic (exact) mass is 211 g/mol. The van der Waals surface area contributed by atoms with E-state index in [1.165, 1.54) is 18.2 Å². The van der Waals surface area contributed by atoms with Gasteiger partial charge in [0.1, 0.15) is 5.75 Å². The van der Waals surface area contributed by atoms with Gasteiger partial charge in [-0.3, -0.25) is 10.1 Å². The van der Waals surface area contributed by atoms with Gasteiger partial charge in [0.15, 0.2) is 0 Å². The Balaban J connectivity index is 2.76. The van der Waals surface area contributed by atoms with Crippen LogP contribution in [0, 0.1) is 10.1 Å². The van der Waals surface area contributed by atoms with Crippen molar-refractivity contribution in [3.63, 3.8) is 0 Å². The second-order valence-electron chi connectivity index (χ2n) is 3.12. The van der Waals surface area contributed by atoms with Gasteiger partial charge in [0, 0.05) is 24.3 Å². The molecule has 15 heavy (non-hydrogen) atoms. The Bertz CT molecular complexity index is 351. The van der Waals surface area contributed by atoms with Crippen LogP contribution in [0.3, 0.4) is 0 Å². The SMILES string of the molecule is CCCOCc1cc([N+](=O)[O-])ccc1O. The number of nitro benzene ring substituents is 1. The molecule has 1 rings (SSSR count). The number of hydrogen-bond acceptors (Lipinski definition) is 4. The van der Waals surface area contributed by atoms with Crippen LogP contribution in [0.25, 0.3) is 0 Å². The molecule has 0 radical (unpaired) electrons. The molecule has 0 unspecified atom stereocenters. The fourth-order valence-electron chi connectivity index (χ4n) is 1.13. The van der Waals surface area contributed by atoms with Gasteiger partial charge < -0.3 is 9.84 Å². The first kappa shape index (κ1) is 11.5. The molecule has 0 bridgehead atoms. The summed E-state index contributed by atoms with van der Waals surface area (Å²) in [4.78, 5) is 9.98. The minimum atomic E-state index is -0.497. The third-order valence-electron chi connectivity index (χ3n) is 1.88. The van der Waals surface area contributed by atoms with E-state index in [9.17, 15) is 15.2 Å². The molecular formula is C10H13NO4. The Morgan fingerprint density at radius 2 is 2.27 bits per heavy atom. The van der Waals surface area contributed by atoms with E-state index in [4.69, 9.17) is 4.74 Å². The Labute approximate surface area is 87.5 Å². The first-order chi connectivity index (χ1) is 7.15. The predicted octanol–water partition coefficient (Wildman–Crippen LogP) is 2.23. The minimum Gasteiger partial charge on any atom is -0.508 e. The number of rotatable bonds is 5. The Morgan fingerprint density at radius 1 is 1.53 bits per heavy atom. The molecular weight excluding hydrogens is 198 g/mol. The Hall–Kier alpha value is -1.62. The average molecular weight is 211 g/mol. The van der Waals surface area contributed by atoms with Crippen molar-refractivity contribution in [1.29, 1.82) is 0 Å². The van der Waals surface area contributed by atoms with E-state index in [1.807, 2.05) is 6.92 Å². The highest BCUT2D eigenvalue weighted by Gasteiger charge is 2.09. The third kappa shape index (κ3) is 3.21. The smallest absolute Gasteiger partial charge is 0.270 e. The van der Waals surface area contributed by atoms with E-state index in [0.717, 1.165) is 6.42 Å². The lowest BCUT2D eigenvalue weighted by molar-refractivity contribution is -0.385. The van der Waals surface area contributed by atoms with E-state index in [2.05, 4.69) is 0 Å². The molecule has 0 saturated heterocycles. The number of phenolic OH excluding ortho intramolecular Hbond substituents is 1. The van der Waals surface area contributed by atoms with Crippen LogP contribution < -0.4 is 0 Å². The molecule has 1 aromatic carbocycles. The molecule has 0 aromatic heterocycles. The summed E-state index contributed by atoms with van der Waals surface area (Å²) in [5.74, 6) is 0.0247. The van der Waals surface area contributed by atoms with Gasteiger partial charge in [-0.1, -0.05) is 6.92 Å². The van der Waals surface area contributed by atoms with E-state index in [-0.39, 0.29) is 18.0 Å². The standard InChI is InChI=1S/C10H13NO4/c1-2-5-15-7-8-6-9(11(13)14)3-4-10(8)12/h3-4,6,12H,2,5,7H2,1H3. The fourth-order valence-corrected chi connectivity index (χ4v) is 1.13. The number of nitro groups is 1. The van der Waals surface area contributed by atoms with E-state index in [1.54, 1.807) is 0 Å². The molecule has 0 aliphatic rings. The first-order valence-corrected chi connectivity index (χ1v) is 4.69. The second kappa shape index (κ2) is 5.31. The molecule has 5 heteroatoms. The largest absolute Gasteiger partial charge is 0.508 e. The summed E-state index contributed by atoms with van der Waals surface area (Å²) in [6.45, 7) is 2.73. The van der Waals surface area contributed by atoms with Crippen molar-refractivity contribution in [2.75, 3.05) is 6.61 Å². The summed E-state index contributed by atoms with van der Waals surface area (Å²) >= 11 is 0. The molecule has 0 heterocycles. The van der Waals surface area contributed by atoms with Crippen LogP contribution in [0.4, 0.5) is 5.69 Å². The van der Waals surface area contributed by atoms with E-state index < -0.39 is 4.92 Å². The summed E-state index contributed by atoms with van der Waals surface area (Å²) < 4.78 is 5.20. The van der Waals surface area contributed by atoms with Crippen molar-refractivity contribution in [2.45, 2.75) is 20.0 Å². The molecule has 1 N–H and O–H groups in total. The van der Waals surface area contributed by atoms with Crippen LogP contribution in [0.15, 0.2) is 18.2 Å². The van der Waals surface area contributed by atoms with Gasteiger partial charge in [-0.2, -0.15) is 0 Å².